The molecule has 0 amide bonds. The first-order chi connectivity index (χ1) is 11.1. The molecule has 0 aliphatic heterocycles. The summed E-state index contributed by atoms with van der Waals surface area (Å²) in [5.41, 5.74) is 7.33. The largest absolute Gasteiger partial charge is 0.573 e. The number of halogens is 5. The highest BCUT2D eigenvalue weighted by Crippen LogP contribution is 2.44. The van der Waals surface area contributed by atoms with Crippen LogP contribution in [0.3, 0.4) is 0 Å². The lowest BCUT2D eigenvalue weighted by molar-refractivity contribution is -0.274. The van der Waals surface area contributed by atoms with E-state index in [1.807, 2.05) is 0 Å². The minimum absolute atomic E-state index is 0.0887. The van der Waals surface area contributed by atoms with Crippen LogP contribution in [-0.4, -0.2) is 18.6 Å². The normalized spacial score (nSPS) is 12.8. The van der Waals surface area contributed by atoms with Crippen LogP contribution in [0.4, 0.5) is 13.2 Å². The third kappa shape index (κ3) is 4.14. The van der Waals surface area contributed by atoms with E-state index in [9.17, 15) is 18.3 Å². The van der Waals surface area contributed by atoms with Gasteiger partial charge in [0, 0.05) is 4.47 Å². The highest BCUT2D eigenvalue weighted by atomic mass is 79.9. The number of nitrogens with two attached hydrogens (primary N) is 1. The third-order valence-electron chi connectivity index (χ3n) is 3.20. The van der Waals surface area contributed by atoms with E-state index in [0.29, 0.717) is 20.1 Å². The molecule has 0 aromatic heterocycles. The summed E-state index contributed by atoms with van der Waals surface area (Å²) in [4.78, 5) is 0. The van der Waals surface area contributed by atoms with Gasteiger partial charge in [-0.15, -0.1) is 13.2 Å². The Balaban J connectivity index is 2.35. The van der Waals surface area contributed by atoms with Crippen LogP contribution in [0.5, 0.6) is 17.2 Å². The molecular weight excluding hydrogens is 459 g/mol. The number of hydrogen-bond acceptors (Lipinski definition) is 4. The average molecular weight is 471 g/mol. The van der Waals surface area contributed by atoms with Gasteiger partial charge in [-0.1, -0.05) is 12.1 Å². The first-order valence-corrected chi connectivity index (χ1v) is 8.08. The molecule has 0 saturated carbocycles. The van der Waals surface area contributed by atoms with Crippen molar-refractivity contribution in [2.24, 2.45) is 5.73 Å². The maximum absolute atomic E-state index is 12.2. The quantitative estimate of drug-likeness (QED) is 0.668. The van der Waals surface area contributed by atoms with Crippen molar-refractivity contribution in [3.63, 3.8) is 0 Å². The van der Waals surface area contributed by atoms with E-state index in [2.05, 4.69) is 36.6 Å². The molecular formula is C15H12Br2F3NO3. The fraction of sp³-hybridized carbons (Fsp3) is 0.200. The van der Waals surface area contributed by atoms with Crippen LogP contribution in [0.15, 0.2) is 39.3 Å². The molecule has 130 valence electrons. The lowest BCUT2D eigenvalue weighted by Gasteiger charge is -2.18. The summed E-state index contributed by atoms with van der Waals surface area (Å²) in [7, 11) is 1.40. The van der Waals surface area contributed by atoms with Crippen LogP contribution < -0.4 is 15.2 Å². The molecule has 0 spiro atoms. The van der Waals surface area contributed by atoms with Crippen LogP contribution in [0, 0.1) is 0 Å². The van der Waals surface area contributed by atoms with Gasteiger partial charge in [-0.05, 0) is 61.2 Å². The van der Waals surface area contributed by atoms with Crippen LogP contribution in [0.25, 0.3) is 0 Å². The minimum Gasteiger partial charge on any atom is -0.503 e. The Morgan fingerprint density at radius 2 is 1.71 bits per heavy atom. The Kier molecular flexibility index (Phi) is 5.67. The predicted octanol–water partition coefficient (Wildman–Crippen LogP) is 4.87. The zero-order chi connectivity index (χ0) is 18.1. The van der Waals surface area contributed by atoms with Gasteiger partial charge >= 0.3 is 6.36 Å². The molecule has 1 atom stereocenters. The molecule has 3 N–H and O–H groups in total. The molecule has 0 bridgehead atoms. The summed E-state index contributed by atoms with van der Waals surface area (Å²) in [5.74, 6) is -0.205. The number of rotatable bonds is 4. The minimum atomic E-state index is -4.75. The van der Waals surface area contributed by atoms with Gasteiger partial charge in [-0.2, -0.15) is 0 Å². The second-order valence-electron chi connectivity index (χ2n) is 4.74. The standard InChI is InChI=1S/C15H12Br2F3NO3/c1-23-10-6-9(11(16)12(17)14(10)22)13(21)7-2-4-8(5-3-7)24-15(18,19)20/h2-6,13,22H,21H2,1H3/t13-/m0/s1. The first kappa shape index (κ1) is 18.9. The summed E-state index contributed by atoms with van der Waals surface area (Å²) in [5, 5.41) is 9.93. The van der Waals surface area contributed by atoms with E-state index in [0.717, 1.165) is 0 Å². The number of phenolic OH excluding ortho intramolecular Hbond substituents is 1. The number of alkyl halides is 3. The molecule has 0 saturated heterocycles. The summed E-state index contributed by atoms with van der Waals surface area (Å²) in [6.07, 6.45) is -4.75. The van der Waals surface area contributed by atoms with E-state index in [4.69, 9.17) is 10.5 Å². The summed E-state index contributed by atoms with van der Waals surface area (Å²) in [6.45, 7) is 0. The van der Waals surface area contributed by atoms with Crippen molar-refractivity contribution in [3.05, 3.63) is 50.4 Å². The van der Waals surface area contributed by atoms with Gasteiger partial charge in [-0.3, -0.25) is 0 Å². The van der Waals surface area contributed by atoms with Crippen molar-refractivity contribution in [3.8, 4) is 17.2 Å². The molecule has 0 aliphatic carbocycles. The molecule has 2 rings (SSSR count). The van der Waals surface area contributed by atoms with Crippen molar-refractivity contribution >= 4 is 31.9 Å². The molecule has 2 aromatic carbocycles. The van der Waals surface area contributed by atoms with E-state index < -0.39 is 12.4 Å². The smallest absolute Gasteiger partial charge is 0.503 e. The van der Waals surface area contributed by atoms with E-state index in [1.54, 1.807) is 6.07 Å². The molecule has 0 radical (unpaired) electrons. The van der Waals surface area contributed by atoms with Gasteiger partial charge in [0.1, 0.15) is 5.75 Å². The fourth-order valence-corrected chi connectivity index (χ4v) is 3.02. The summed E-state index contributed by atoms with van der Waals surface area (Å²) >= 11 is 6.56. The highest BCUT2D eigenvalue weighted by Gasteiger charge is 2.31. The van der Waals surface area contributed by atoms with E-state index >= 15 is 0 Å². The first-order valence-electron chi connectivity index (χ1n) is 6.50. The fourth-order valence-electron chi connectivity index (χ4n) is 2.05. The topological polar surface area (TPSA) is 64.7 Å². The SMILES string of the molecule is COc1cc([C@@H](N)c2ccc(OC(F)(F)F)cc2)c(Br)c(Br)c1O. The van der Waals surface area contributed by atoms with Crippen molar-refractivity contribution < 1.29 is 27.8 Å². The lowest BCUT2D eigenvalue weighted by Crippen LogP contribution is -2.17. The van der Waals surface area contributed by atoms with Crippen LogP contribution in [0.1, 0.15) is 17.2 Å². The van der Waals surface area contributed by atoms with Crippen LogP contribution >= 0.6 is 31.9 Å². The molecule has 0 unspecified atom stereocenters. The number of methoxy groups -OCH3 is 1. The summed E-state index contributed by atoms with van der Waals surface area (Å²) < 4.78 is 46.4. The average Bonchev–Trinajstić information content (AvgIpc) is 2.52. The zero-order valence-electron chi connectivity index (χ0n) is 12.2. The Morgan fingerprint density at radius 1 is 1.12 bits per heavy atom. The second-order valence-corrected chi connectivity index (χ2v) is 6.33. The number of hydrogen-bond donors (Lipinski definition) is 2. The highest BCUT2D eigenvalue weighted by molar-refractivity contribution is 9.13. The van der Waals surface area contributed by atoms with Crippen LogP contribution in [-0.2, 0) is 0 Å². The maximum atomic E-state index is 12.2. The third-order valence-corrected chi connectivity index (χ3v) is 5.36. The lowest BCUT2D eigenvalue weighted by atomic mass is 9.99. The Labute approximate surface area is 152 Å². The molecule has 24 heavy (non-hydrogen) atoms. The number of benzene rings is 2. The molecule has 2 aromatic rings. The molecule has 4 nitrogen and oxygen atoms in total. The maximum Gasteiger partial charge on any atom is 0.573 e. The van der Waals surface area contributed by atoms with Gasteiger partial charge in [0.25, 0.3) is 0 Å². The zero-order valence-corrected chi connectivity index (χ0v) is 15.4. The van der Waals surface area contributed by atoms with Crippen molar-refractivity contribution in [2.45, 2.75) is 12.4 Å². The van der Waals surface area contributed by atoms with Crippen molar-refractivity contribution in [2.75, 3.05) is 7.11 Å². The van der Waals surface area contributed by atoms with E-state index in [-0.39, 0.29) is 17.2 Å². The summed E-state index contributed by atoms with van der Waals surface area (Å²) in [6, 6.07) is 6.13. The second kappa shape index (κ2) is 7.20. The van der Waals surface area contributed by atoms with E-state index in [1.165, 1.54) is 31.4 Å². The molecule has 0 aliphatic rings. The molecule has 0 heterocycles. The Bertz CT molecular complexity index is 736. The monoisotopic (exact) mass is 469 g/mol. The Hall–Kier alpha value is -1.45. The van der Waals surface area contributed by atoms with Gasteiger partial charge in [-0.25, -0.2) is 0 Å². The van der Waals surface area contributed by atoms with Gasteiger partial charge < -0.3 is 20.3 Å². The molecule has 9 heteroatoms. The number of ether oxygens (including phenoxy) is 2. The van der Waals surface area contributed by atoms with Gasteiger partial charge in [0.15, 0.2) is 11.5 Å². The van der Waals surface area contributed by atoms with Crippen molar-refractivity contribution in [1.82, 2.24) is 0 Å². The molecule has 0 fully saturated rings. The van der Waals surface area contributed by atoms with Crippen LogP contribution in [0.2, 0.25) is 0 Å². The number of aromatic hydroxyl groups is 1. The predicted molar refractivity (Wildman–Crippen MR) is 89.2 cm³/mol. The number of phenols is 1. The van der Waals surface area contributed by atoms with Gasteiger partial charge in [0.2, 0.25) is 0 Å². The van der Waals surface area contributed by atoms with Crippen molar-refractivity contribution in [1.29, 1.82) is 0 Å². The Morgan fingerprint density at radius 3 is 2.21 bits per heavy atom. The van der Waals surface area contributed by atoms with Gasteiger partial charge in [0.05, 0.1) is 17.6 Å².